The molecule has 168 valence electrons. The van der Waals surface area contributed by atoms with Crippen LogP contribution in [0.15, 0.2) is 42.6 Å². The maximum Gasteiger partial charge on any atom is 0.248 e. The van der Waals surface area contributed by atoms with Crippen LogP contribution in [-0.4, -0.2) is 53.9 Å². The number of primary amides is 1. The largest absolute Gasteiger partial charge is 0.366 e. The van der Waals surface area contributed by atoms with Gasteiger partial charge in [0.1, 0.15) is 0 Å². The number of nitrogens with zero attached hydrogens (tertiary/aromatic N) is 4. The standard InChI is InChI=1S/C25H31N5O2/c1-29(2)25-27-16-21(19-9-6-10-20(15-19)23(26)31)22(28-25)17-11-13-30(14-12-17)24(32)18-7-4-3-5-8-18/h3-4,6,9-10,15-18H,5,7-8,11-14H2,1-2H3,(H2,26,31)/t18-/m1/s1. The Hall–Kier alpha value is -3.22. The third-order valence-corrected chi connectivity index (χ3v) is 6.48. The number of likely N-dealkylation sites (tertiary alicyclic amines) is 1. The molecule has 1 fully saturated rings. The second kappa shape index (κ2) is 9.51. The molecule has 32 heavy (non-hydrogen) atoms. The van der Waals surface area contributed by atoms with Gasteiger partial charge in [-0.15, -0.1) is 0 Å². The van der Waals surface area contributed by atoms with E-state index in [2.05, 4.69) is 17.1 Å². The van der Waals surface area contributed by atoms with E-state index in [-0.39, 0.29) is 11.8 Å². The molecule has 0 spiro atoms. The Kier molecular flexibility index (Phi) is 6.53. The van der Waals surface area contributed by atoms with E-state index in [1.807, 2.05) is 42.2 Å². The number of carbonyl (C=O) groups is 2. The normalized spacial score (nSPS) is 19.1. The summed E-state index contributed by atoms with van der Waals surface area (Å²) in [5.41, 5.74) is 8.73. The Morgan fingerprint density at radius 3 is 2.56 bits per heavy atom. The van der Waals surface area contributed by atoms with E-state index in [0.29, 0.717) is 17.4 Å². The molecule has 1 aliphatic carbocycles. The van der Waals surface area contributed by atoms with Gasteiger partial charge in [0.2, 0.25) is 17.8 Å². The van der Waals surface area contributed by atoms with Crippen molar-refractivity contribution in [3.8, 4) is 11.1 Å². The third kappa shape index (κ3) is 4.66. The molecule has 2 N–H and O–H groups in total. The molecule has 1 aromatic heterocycles. The molecule has 1 aromatic carbocycles. The van der Waals surface area contributed by atoms with Crippen LogP contribution in [0.3, 0.4) is 0 Å². The number of anilines is 1. The van der Waals surface area contributed by atoms with Crippen molar-refractivity contribution in [3.63, 3.8) is 0 Å². The zero-order valence-corrected chi connectivity index (χ0v) is 18.8. The molecule has 7 nitrogen and oxygen atoms in total. The van der Waals surface area contributed by atoms with Crippen molar-refractivity contribution in [2.24, 2.45) is 11.7 Å². The number of hydrogen-bond acceptors (Lipinski definition) is 5. The maximum atomic E-state index is 12.9. The fourth-order valence-corrected chi connectivity index (χ4v) is 4.62. The van der Waals surface area contributed by atoms with Gasteiger partial charge in [0.05, 0.1) is 5.69 Å². The summed E-state index contributed by atoms with van der Waals surface area (Å²) in [7, 11) is 3.85. The lowest BCUT2D eigenvalue weighted by Gasteiger charge is -2.35. The topological polar surface area (TPSA) is 92.4 Å². The summed E-state index contributed by atoms with van der Waals surface area (Å²) in [5.74, 6) is 0.840. The Morgan fingerprint density at radius 2 is 1.91 bits per heavy atom. The van der Waals surface area contributed by atoms with Crippen LogP contribution in [0.25, 0.3) is 11.1 Å². The van der Waals surface area contributed by atoms with Crippen molar-refractivity contribution in [2.75, 3.05) is 32.1 Å². The summed E-state index contributed by atoms with van der Waals surface area (Å²) in [6.45, 7) is 1.48. The van der Waals surface area contributed by atoms with Crippen molar-refractivity contribution in [1.82, 2.24) is 14.9 Å². The Morgan fingerprint density at radius 1 is 1.12 bits per heavy atom. The van der Waals surface area contributed by atoms with Crippen LogP contribution in [0.1, 0.15) is 54.1 Å². The molecule has 0 saturated carbocycles. The van der Waals surface area contributed by atoms with Crippen molar-refractivity contribution >= 4 is 17.8 Å². The second-order valence-electron chi connectivity index (χ2n) is 8.89. The molecule has 2 amide bonds. The van der Waals surface area contributed by atoms with Gasteiger partial charge in [0.15, 0.2) is 0 Å². The average Bonchev–Trinajstić information content (AvgIpc) is 2.84. The van der Waals surface area contributed by atoms with Crippen LogP contribution in [0.5, 0.6) is 0 Å². The minimum Gasteiger partial charge on any atom is -0.366 e. The van der Waals surface area contributed by atoms with Gasteiger partial charge in [-0.25, -0.2) is 9.97 Å². The van der Waals surface area contributed by atoms with Gasteiger partial charge >= 0.3 is 0 Å². The number of hydrogen-bond donors (Lipinski definition) is 1. The fourth-order valence-electron chi connectivity index (χ4n) is 4.62. The number of carbonyl (C=O) groups excluding carboxylic acids is 2. The zero-order chi connectivity index (χ0) is 22.7. The van der Waals surface area contributed by atoms with Crippen molar-refractivity contribution < 1.29 is 9.59 Å². The van der Waals surface area contributed by atoms with Crippen molar-refractivity contribution in [1.29, 1.82) is 0 Å². The summed E-state index contributed by atoms with van der Waals surface area (Å²) in [5, 5.41) is 0. The van der Waals surface area contributed by atoms with Gasteiger partial charge < -0.3 is 15.5 Å². The van der Waals surface area contributed by atoms with Crippen LogP contribution in [0.4, 0.5) is 5.95 Å². The molecule has 2 aromatic rings. The van der Waals surface area contributed by atoms with E-state index in [1.54, 1.807) is 12.1 Å². The van der Waals surface area contributed by atoms with E-state index in [0.717, 1.165) is 62.0 Å². The van der Waals surface area contributed by atoms with Crippen LogP contribution in [0.2, 0.25) is 0 Å². The zero-order valence-electron chi connectivity index (χ0n) is 18.8. The highest BCUT2D eigenvalue weighted by atomic mass is 16.2. The number of piperidine rings is 1. The van der Waals surface area contributed by atoms with E-state index in [4.69, 9.17) is 10.7 Å². The summed E-state index contributed by atoms with van der Waals surface area (Å²) >= 11 is 0. The molecule has 7 heteroatoms. The lowest BCUT2D eigenvalue weighted by atomic mass is 9.87. The molecule has 1 saturated heterocycles. The first-order valence-corrected chi connectivity index (χ1v) is 11.3. The first-order valence-electron chi connectivity index (χ1n) is 11.3. The van der Waals surface area contributed by atoms with Crippen molar-refractivity contribution in [3.05, 3.63) is 53.9 Å². The molecule has 0 bridgehead atoms. The van der Waals surface area contributed by atoms with E-state index < -0.39 is 5.91 Å². The van der Waals surface area contributed by atoms with Crippen LogP contribution < -0.4 is 10.6 Å². The predicted octanol–water partition coefficient (Wildman–Crippen LogP) is 3.37. The molecular formula is C25H31N5O2. The highest BCUT2D eigenvalue weighted by Crippen LogP contribution is 2.35. The Balaban J connectivity index is 1.58. The van der Waals surface area contributed by atoms with Gasteiger partial charge in [-0.05, 0) is 49.8 Å². The quantitative estimate of drug-likeness (QED) is 0.730. The molecule has 2 heterocycles. The van der Waals surface area contributed by atoms with Gasteiger partial charge in [0.25, 0.3) is 0 Å². The Labute approximate surface area is 189 Å². The molecule has 1 aliphatic heterocycles. The highest BCUT2D eigenvalue weighted by molar-refractivity contribution is 5.94. The molecule has 0 unspecified atom stereocenters. The summed E-state index contributed by atoms with van der Waals surface area (Å²) in [6.07, 6.45) is 10.7. The first kappa shape index (κ1) is 22.0. The highest BCUT2D eigenvalue weighted by Gasteiger charge is 2.30. The number of allylic oxidation sites excluding steroid dienone is 2. The van der Waals surface area contributed by atoms with Gasteiger partial charge in [-0.2, -0.15) is 0 Å². The predicted molar refractivity (Wildman–Crippen MR) is 125 cm³/mol. The number of amides is 2. The summed E-state index contributed by atoms with van der Waals surface area (Å²) < 4.78 is 0. The molecule has 2 aliphatic rings. The van der Waals surface area contributed by atoms with Crippen LogP contribution >= 0.6 is 0 Å². The van der Waals surface area contributed by atoms with E-state index >= 15 is 0 Å². The van der Waals surface area contributed by atoms with Gasteiger partial charge in [0, 0.05) is 56.3 Å². The number of benzene rings is 1. The van der Waals surface area contributed by atoms with Crippen LogP contribution in [0, 0.1) is 5.92 Å². The Bertz CT molecular complexity index is 1020. The molecule has 4 rings (SSSR count). The summed E-state index contributed by atoms with van der Waals surface area (Å²) in [6, 6.07) is 7.30. The van der Waals surface area contributed by atoms with E-state index in [9.17, 15) is 9.59 Å². The lowest BCUT2D eigenvalue weighted by molar-refractivity contribution is -0.136. The van der Waals surface area contributed by atoms with Crippen molar-refractivity contribution in [2.45, 2.75) is 38.0 Å². The number of rotatable bonds is 5. The smallest absolute Gasteiger partial charge is 0.248 e. The van der Waals surface area contributed by atoms with Crippen LogP contribution in [-0.2, 0) is 4.79 Å². The monoisotopic (exact) mass is 433 g/mol. The summed E-state index contributed by atoms with van der Waals surface area (Å²) in [4.78, 5) is 38.0. The fraction of sp³-hybridized carbons (Fsp3) is 0.440. The first-order chi connectivity index (χ1) is 15.4. The minimum absolute atomic E-state index is 0.128. The van der Waals surface area contributed by atoms with Gasteiger partial charge in [-0.3, -0.25) is 9.59 Å². The second-order valence-corrected chi connectivity index (χ2v) is 8.89. The third-order valence-electron chi connectivity index (χ3n) is 6.48. The molecule has 1 atom stereocenters. The molecule has 0 radical (unpaired) electrons. The number of aromatic nitrogens is 2. The van der Waals surface area contributed by atoms with Gasteiger partial charge in [-0.1, -0.05) is 24.3 Å². The lowest BCUT2D eigenvalue weighted by Crippen LogP contribution is -2.41. The maximum absolute atomic E-state index is 12.9. The minimum atomic E-state index is -0.455. The molecular weight excluding hydrogens is 402 g/mol. The average molecular weight is 434 g/mol. The SMILES string of the molecule is CN(C)c1ncc(-c2cccc(C(N)=O)c2)c(C2CCN(C(=O)[C@@H]3CC=CCC3)CC2)n1. The van der Waals surface area contributed by atoms with E-state index in [1.165, 1.54) is 0 Å². The number of nitrogens with two attached hydrogens (primary N) is 1.